The van der Waals surface area contributed by atoms with Crippen LogP contribution in [0.1, 0.15) is 28.3 Å². The molecule has 0 aliphatic rings. The van der Waals surface area contributed by atoms with E-state index in [0.29, 0.717) is 19.0 Å². The average molecular weight is 545 g/mol. The van der Waals surface area contributed by atoms with Crippen LogP contribution in [0.3, 0.4) is 0 Å². The summed E-state index contributed by atoms with van der Waals surface area (Å²) in [6, 6.07) is 8.01. The summed E-state index contributed by atoms with van der Waals surface area (Å²) in [5, 5.41) is 7.76. The van der Waals surface area contributed by atoms with Gasteiger partial charge in [-0.25, -0.2) is 9.98 Å². The number of aryl methyl sites for hydroxylation is 1. The normalized spacial score (nSPS) is 12.0. The summed E-state index contributed by atoms with van der Waals surface area (Å²) in [4.78, 5) is 23.5. The van der Waals surface area contributed by atoms with Crippen molar-refractivity contribution in [1.82, 2.24) is 20.5 Å². The van der Waals surface area contributed by atoms with Crippen molar-refractivity contribution >= 4 is 47.2 Å². The quantitative estimate of drug-likeness (QED) is 0.288. The molecule has 166 valence electrons. The molecule has 1 atom stereocenters. The van der Waals surface area contributed by atoms with Crippen molar-refractivity contribution in [2.75, 3.05) is 40.8 Å². The first kappa shape index (κ1) is 26.2. The van der Waals surface area contributed by atoms with Crippen molar-refractivity contribution in [1.29, 1.82) is 0 Å². The van der Waals surface area contributed by atoms with Gasteiger partial charge < -0.3 is 20.3 Å². The van der Waals surface area contributed by atoms with Crippen LogP contribution < -0.4 is 15.4 Å². The highest BCUT2D eigenvalue weighted by atomic mass is 127. The van der Waals surface area contributed by atoms with E-state index in [1.807, 2.05) is 30.5 Å². The Labute approximate surface area is 200 Å². The Balaban J connectivity index is 0.00000450. The average Bonchev–Trinajstić information content (AvgIpc) is 3.15. The Kier molecular flexibility index (Phi) is 11.7. The summed E-state index contributed by atoms with van der Waals surface area (Å²) >= 11 is 1.71. The number of hydrogen-bond donors (Lipinski definition) is 2. The lowest BCUT2D eigenvalue weighted by molar-refractivity contribution is -0.127. The standard InChI is InChI=1S/C21H31N5O2S.HI/c1-15(20-23-13-16(2)29-20)12-24-21(25-14-19(27)26(3)4)22-11-10-17-6-8-18(28-5)9-7-17;/h6-9,13,15H,10-12,14H2,1-5H3,(H2,22,24,25);1H. The summed E-state index contributed by atoms with van der Waals surface area (Å²) < 4.78 is 5.19. The summed E-state index contributed by atoms with van der Waals surface area (Å²) in [6.07, 6.45) is 2.74. The molecule has 1 amide bonds. The third-order valence-electron chi connectivity index (χ3n) is 4.37. The number of amides is 1. The van der Waals surface area contributed by atoms with Crippen molar-refractivity contribution in [2.45, 2.75) is 26.2 Å². The molecular formula is C21H32IN5O2S. The molecule has 1 heterocycles. The molecule has 0 saturated carbocycles. The first-order valence-corrected chi connectivity index (χ1v) is 10.5. The largest absolute Gasteiger partial charge is 0.497 e. The fourth-order valence-corrected chi connectivity index (χ4v) is 3.34. The van der Waals surface area contributed by atoms with E-state index in [0.717, 1.165) is 17.2 Å². The first-order valence-electron chi connectivity index (χ1n) is 9.66. The van der Waals surface area contributed by atoms with Crippen LogP contribution in [-0.2, 0) is 11.2 Å². The number of rotatable bonds is 9. The van der Waals surface area contributed by atoms with Crippen LogP contribution >= 0.6 is 35.3 Å². The molecule has 0 bridgehead atoms. The van der Waals surface area contributed by atoms with Crippen LogP contribution in [0.5, 0.6) is 5.75 Å². The number of carbonyl (C=O) groups is 1. The van der Waals surface area contributed by atoms with Crippen LogP contribution in [0.4, 0.5) is 0 Å². The molecule has 0 radical (unpaired) electrons. The van der Waals surface area contributed by atoms with Gasteiger partial charge in [0.05, 0.1) is 12.1 Å². The van der Waals surface area contributed by atoms with Gasteiger partial charge in [0.15, 0.2) is 5.96 Å². The molecular weight excluding hydrogens is 513 g/mol. The number of guanidine groups is 1. The minimum Gasteiger partial charge on any atom is -0.497 e. The lowest BCUT2D eigenvalue weighted by atomic mass is 10.1. The highest BCUT2D eigenvalue weighted by Gasteiger charge is 2.11. The van der Waals surface area contributed by atoms with E-state index in [-0.39, 0.29) is 42.3 Å². The minimum absolute atomic E-state index is 0. The van der Waals surface area contributed by atoms with Crippen molar-refractivity contribution in [3.63, 3.8) is 0 Å². The van der Waals surface area contributed by atoms with Gasteiger partial charge in [0.2, 0.25) is 5.91 Å². The molecule has 2 aromatic rings. The Morgan fingerprint density at radius 1 is 1.27 bits per heavy atom. The molecule has 7 nitrogen and oxygen atoms in total. The van der Waals surface area contributed by atoms with Gasteiger partial charge >= 0.3 is 0 Å². The van der Waals surface area contributed by atoms with E-state index in [1.54, 1.807) is 37.4 Å². The first-order chi connectivity index (χ1) is 13.9. The van der Waals surface area contributed by atoms with E-state index >= 15 is 0 Å². The van der Waals surface area contributed by atoms with Crippen LogP contribution in [0.2, 0.25) is 0 Å². The van der Waals surface area contributed by atoms with Crippen LogP contribution in [0, 0.1) is 6.92 Å². The second-order valence-corrected chi connectivity index (χ2v) is 8.34. The molecule has 2 rings (SSSR count). The molecule has 0 spiro atoms. The third kappa shape index (κ3) is 8.86. The second kappa shape index (κ2) is 13.4. The van der Waals surface area contributed by atoms with E-state index in [1.165, 1.54) is 10.4 Å². The lowest BCUT2D eigenvalue weighted by Gasteiger charge is -2.16. The lowest BCUT2D eigenvalue weighted by Crippen LogP contribution is -2.41. The molecule has 2 N–H and O–H groups in total. The minimum atomic E-state index is -0.0372. The van der Waals surface area contributed by atoms with Crippen molar-refractivity contribution in [3.8, 4) is 5.75 Å². The summed E-state index contributed by atoms with van der Waals surface area (Å²) in [6.45, 7) is 5.69. The monoisotopic (exact) mass is 545 g/mol. The Morgan fingerprint density at radius 2 is 1.97 bits per heavy atom. The molecule has 0 saturated heterocycles. The number of halogens is 1. The number of benzene rings is 1. The van der Waals surface area contributed by atoms with Crippen LogP contribution in [0.25, 0.3) is 0 Å². The number of likely N-dealkylation sites (N-methyl/N-ethyl adjacent to an activating group) is 1. The molecule has 9 heteroatoms. The third-order valence-corrected chi connectivity index (χ3v) is 5.52. The summed E-state index contributed by atoms with van der Waals surface area (Å²) in [7, 11) is 5.12. The zero-order valence-electron chi connectivity index (χ0n) is 18.3. The molecule has 1 unspecified atom stereocenters. The molecule has 0 aliphatic heterocycles. The number of aliphatic imine (C=N–C) groups is 1. The maximum Gasteiger partial charge on any atom is 0.243 e. The number of ether oxygens (including phenoxy) is 1. The Bertz CT molecular complexity index is 808. The maximum atomic E-state index is 11.9. The fourth-order valence-electron chi connectivity index (χ4n) is 2.52. The van der Waals surface area contributed by atoms with Gasteiger partial charge in [-0.1, -0.05) is 19.1 Å². The predicted octanol–water partition coefficient (Wildman–Crippen LogP) is 3.05. The Hall–Kier alpha value is -1.88. The zero-order valence-corrected chi connectivity index (χ0v) is 21.4. The van der Waals surface area contributed by atoms with Crippen molar-refractivity contribution in [2.24, 2.45) is 4.99 Å². The van der Waals surface area contributed by atoms with Crippen LogP contribution in [0.15, 0.2) is 35.5 Å². The topological polar surface area (TPSA) is 78.8 Å². The summed E-state index contributed by atoms with van der Waals surface area (Å²) in [5.74, 6) is 1.70. The number of carbonyl (C=O) groups excluding carboxylic acids is 1. The maximum absolute atomic E-state index is 11.9. The van der Waals surface area contributed by atoms with Gasteiger partial charge in [-0.05, 0) is 31.0 Å². The van der Waals surface area contributed by atoms with E-state index in [9.17, 15) is 4.79 Å². The zero-order chi connectivity index (χ0) is 21.2. The number of nitrogens with one attached hydrogen (secondary N) is 2. The van der Waals surface area contributed by atoms with E-state index in [2.05, 4.69) is 34.5 Å². The second-order valence-electron chi connectivity index (χ2n) is 7.07. The number of nitrogens with zero attached hydrogens (tertiary/aromatic N) is 3. The molecule has 1 aromatic carbocycles. The van der Waals surface area contributed by atoms with Crippen LogP contribution in [-0.4, -0.2) is 62.6 Å². The van der Waals surface area contributed by atoms with E-state index < -0.39 is 0 Å². The SMILES string of the molecule is COc1ccc(CCNC(=NCC(=O)N(C)C)NCC(C)c2ncc(C)s2)cc1.I. The Morgan fingerprint density at radius 3 is 2.53 bits per heavy atom. The van der Waals surface area contributed by atoms with Gasteiger partial charge in [0, 0.05) is 44.2 Å². The predicted molar refractivity (Wildman–Crippen MR) is 134 cm³/mol. The number of thiazole rings is 1. The van der Waals surface area contributed by atoms with Gasteiger partial charge in [-0.2, -0.15) is 0 Å². The molecule has 0 aliphatic carbocycles. The fraction of sp³-hybridized carbons (Fsp3) is 0.476. The highest BCUT2D eigenvalue weighted by molar-refractivity contribution is 14.0. The molecule has 1 aromatic heterocycles. The van der Waals surface area contributed by atoms with Crippen molar-refractivity contribution < 1.29 is 9.53 Å². The molecule has 0 fully saturated rings. The van der Waals surface area contributed by atoms with Gasteiger partial charge in [0.25, 0.3) is 0 Å². The van der Waals surface area contributed by atoms with Crippen molar-refractivity contribution in [3.05, 3.63) is 45.9 Å². The number of aromatic nitrogens is 1. The van der Waals surface area contributed by atoms with Gasteiger partial charge in [0.1, 0.15) is 12.3 Å². The van der Waals surface area contributed by atoms with Gasteiger partial charge in [-0.3, -0.25) is 4.79 Å². The highest BCUT2D eigenvalue weighted by Crippen LogP contribution is 2.20. The number of hydrogen-bond acceptors (Lipinski definition) is 5. The van der Waals surface area contributed by atoms with E-state index in [4.69, 9.17) is 4.74 Å². The van der Waals surface area contributed by atoms with Gasteiger partial charge in [-0.15, -0.1) is 35.3 Å². The number of methoxy groups -OCH3 is 1. The smallest absolute Gasteiger partial charge is 0.243 e. The molecule has 30 heavy (non-hydrogen) atoms. The summed E-state index contributed by atoms with van der Waals surface area (Å²) in [5.41, 5.74) is 1.20.